The predicted octanol–water partition coefficient (Wildman–Crippen LogP) is 3.16. The zero-order valence-electron chi connectivity index (χ0n) is 15.9. The topological polar surface area (TPSA) is 93.4 Å². The van der Waals surface area contributed by atoms with Gasteiger partial charge in [0.05, 0.1) is 34.9 Å². The quantitative estimate of drug-likeness (QED) is 0.760. The number of benzene rings is 1. The molecule has 5 rings (SSSR count). The van der Waals surface area contributed by atoms with E-state index in [4.69, 9.17) is 33.0 Å². The second kappa shape index (κ2) is 6.71. The van der Waals surface area contributed by atoms with E-state index in [1.165, 1.54) is 19.3 Å². The number of rotatable bonds is 2. The van der Waals surface area contributed by atoms with Gasteiger partial charge in [-0.05, 0) is 37.2 Å². The van der Waals surface area contributed by atoms with Crippen LogP contribution in [0.5, 0.6) is 0 Å². The first-order valence-corrected chi connectivity index (χ1v) is 10.4. The van der Waals surface area contributed by atoms with E-state index < -0.39 is 0 Å². The number of fused-ring (bicyclic) bond motifs is 1. The lowest BCUT2D eigenvalue weighted by Crippen LogP contribution is -2.47. The third-order valence-electron chi connectivity index (χ3n) is 6.79. The van der Waals surface area contributed by atoms with Crippen molar-refractivity contribution in [3.05, 3.63) is 46.4 Å². The van der Waals surface area contributed by atoms with Crippen LogP contribution in [-0.4, -0.2) is 34.8 Å². The van der Waals surface area contributed by atoms with Crippen molar-refractivity contribution in [1.82, 2.24) is 9.97 Å². The highest BCUT2D eigenvalue weighted by Gasteiger charge is 2.43. The number of hydrogen-bond acceptors (Lipinski definition) is 6. The first kappa shape index (κ1) is 17.9. The molecule has 0 unspecified atom stereocenters. The fraction of sp³-hybridized carbons (Fsp3) is 0.476. The number of anilines is 2. The Bertz CT molecular complexity index is 948. The molecule has 1 spiro atoms. The molecule has 0 bridgehead atoms. The smallest absolute Gasteiger partial charge is 0.147 e. The number of hydrogen-bond donors (Lipinski definition) is 2. The average molecular weight is 397 g/mol. The first-order valence-electron chi connectivity index (χ1n) is 10.0. The second-order valence-electron chi connectivity index (χ2n) is 8.25. The van der Waals surface area contributed by atoms with Crippen LogP contribution in [0.1, 0.15) is 49.1 Å². The number of piperidine rings is 1. The Hall–Kier alpha value is -2.18. The molecule has 6 nitrogen and oxygen atoms in total. The number of nitrogens with two attached hydrogens (primary N) is 2. The third-order valence-corrected chi connectivity index (χ3v) is 7.21. The van der Waals surface area contributed by atoms with Gasteiger partial charge in [0, 0.05) is 24.7 Å². The van der Waals surface area contributed by atoms with Gasteiger partial charge in [0.15, 0.2) is 0 Å². The highest BCUT2D eigenvalue weighted by atomic mass is 35.5. The molecule has 0 radical (unpaired) electrons. The van der Waals surface area contributed by atoms with Crippen molar-refractivity contribution >= 4 is 28.8 Å². The van der Waals surface area contributed by atoms with E-state index in [9.17, 15) is 0 Å². The molecule has 1 atom stereocenters. The van der Waals surface area contributed by atoms with Crippen LogP contribution < -0.4 is 16.4 Å². The minimum atomic E-state index is 0.348. The molecule has 2 aliphatic heterocycles. The summed E-state index contributed by atoms with van der Waals surface area (Å²) in [6.07, 6.45) is 7.88. The Morgan fingerprint density at radius 2 is 2.00 bits per heavy atom. The molecule has 0 amide bonds. The van der Waals surface area contributed by atoms with Crippen molar-refractivity contribution in [3.63, 3.8) is 0 Å². The molecule has 1 saturated carbocycles. The monoisotopic (exact) mass is 396 g/mol. The van der Waals surface area contributed by atoms with Gasteiger partial charge in [0.1, 0.15) is 11.5 Å². The molecule has 7 heteroatoms. The Labute approximate surface area is 170 Å². The molecular formula is C21H25ClN6. The van der Waals surface area contributed by atoms with E-state index in [0.717, 1.165) is 54.4 Å². The van der Waals surface area contributed by atoms with Crippen LogP contribution >= 0.6 is 11.6 Å². The summed E-state index contributed by atoms with van der Waals surface area (Å²) in [4.78, 5) is 16.6. The summed E-state index contributed by atoms with van der Waals surface area (Å²) in [5.74, 6) is 0.940. The van der Waals surface area contributed by atoms with Crippen molar-refractivity contribution < 1.29 is 0 Å². The SMILES string of the molecule is Nc1cccc(C2=NCc3nc(N4CCC5(CCC[C@H]5N)CC4)cnc32)c1Cl. The van der Waals surface area contributed by atoms with Crippen LogP contribution in [0.15, 0.2) is 29.4 Å². The van der Waals surface area contributed by atoms with Crippen LogP contribution in [0.4, 0.5) is 11.5 Å². The van der Waals surface area contributed by atoms with E-state index in [1.54, 1.807) is 6.07 Å². The van der Waals surface area contributed by atoms with Crippen molar-refractivity contribution in [1.29, 1.82) is 0 Å². The molecule has 2 fully saturated rings. The molecule has 4 N–H and O–H groups in total. The van der Waals surface area contributed by atoms with E-state index in [1.807, 2.05) is 18.3 Å². The third kappa shape index (κ3) is 2.78. The number of aliphatic imine (C=N–C) groups is 1. The molecule has 1 aromatic heterocycles. The Balaban J connectivity index is 1.36. The molecule has 28 heavy (non-hydrogen) atoms. The molecule has 3 aliphatic rings. The van der Waals surface area contributed by atoms with Crippen molar-refractivity contribution in [2.45, 2.75) is 44.7 Å². The zero-order chi connectivity index (χ0) is 19.3. The maximum atomic E-state index is 6.41. The molecule has 3 heterocycles. The van der Waals surface area contributed by atoms with Crippen molar-refractivity contribution in [2.75, 3.05) is 23.7 Å². The molecule has 2 aromatic rings. The zero-order valence-corrected chi connectivity index (χ0v) is 16.6. The maximum Gasteiger partial charge on any atom is 0.147 e. The molecule has 1 saturated heterocycles. The summed E-state index contributed by atoms with van der Waals surface area (Å²) < 4.78 is 0. The van der Waals surface area contributed by atoms with E-state index in [-0.39, 0.29) is 0 Å². The Morgan fingerprint density at radius 3 is 2.75 bits per heavy atom. The minimum absolute atomic E-state index is 0.348. The normalized spacial score (nSPS) is 23.1. The van der Waals surface area contributed by atoms with Gasteiger partial charge < -0.3 is 16.4 Å². The standard InChI is InChI=1S/C21H25ClN6/c22-18-13(3-1-4-14(18)23)19-20-15(11-25-19)27-17(12-26-20)28-9-7-21(8-10-28)6-2-5-16(21)24/h1,3-4,12,16H,2,5-11,23-24H2/t16-/m1/s1. The van der Waals surface area contributed by atoms with Crippen LogP contribution in [0.25, 0.3) is 0 Å². The van der Waals surface area contributed by atoms with Crippen LogP contribution in [0, 0.1) is 5.41 Å². The van der Waals surface area contributed by atoms with Gasteiger partial charge in [0.2, 0.25) is 0 Å². The lowest BCUT2D eigenvalue weighted by atomic mass is 9.74. The van der Waals surface area contributed by atoms with E-state index in [0.29, 0.717) is 28.7 Å². The van der Waals surface area contributed by atoms with Gasteiger partial charge in [0.25, 0.3) is 0 Å². The molecule has 1 aromatic carbocycles. The number of aromatic nitrogens is 2. The van der Waals surface area contributed by atoms with Gasteiger partial charge in [-0.25, -0.2) is 9.97 Å². The van der Waals surface area contributed by atoms with E-state index in [2.05, 4.69) is 9.89 Å². The van der Waals surface area contributed by atoms with Gasteiger partial charge in [-0.15, -0.1) is 0 Å². The van der Waals surface area contributed by atoms with Crippen molar-refractivity contribution in [3.8, 4) is 0 Å². The summed E-state index contributed by atoms with van der Waals surface area (Å²) in [6, 6.07) is 5.96. The molecule has 146 valence electrons. The van der Waals surface area contributed by atoms with E-state index >= 15 is 0 Å². The molecule has 1 aliphatic carbocycles. The highest BCUT2D eigenvalue weighted by molar-refractivity contribution is 6.37. The Kier molecular flexibility index (Phi) is 4.29. The lowest BCUT2D eigenvalue weighted by molar-refractivity contribution is 0.197. The lowest BCUT2D eigenvalue weighted by Gasteiger charge is -2.42. The first-order chi connectivity index (χ1) is 13.6. The number of halogens is 1. The largest absolute Gasteiger partial charge is 0.398 e. The summed E-state index contributed by atoms with van der Waals surface area (Å²) in [5, 5.41) is 0.522. The summed E-state index contributed by atoms with van der Waals surface area (Å²) in [5.41, 5.74) is 16.6. The maximum absolute atomic E-state index is 6.41. The summed E-state index contributed by atoms with van der Waals surface area (Å²) in [7, 11) is 0. The van der Waals surface area contributed by atoms with Crippen LogP contribution in [0.3, 0.4) is 0 Å². The van der Waals surface area contributed by atoms with Gasteiger partial charge in [-0.3, -0.25) is 4.99 Å². The minimum Gasteiger partial charge on any atom is -0.398 e. The summed E-state index contributed by atoms with van der Waals surface area (Å²) in [6.45, 7) is 2.52. The molecular weight excluding hydrogens is 372 g/mol. The number of nitrogen functional groups attached to an aromatic ring is 1. The fourth-order valence-corrected chi connectivity index (χ4v) is 5.23. The van der Waals surface area contributed by atoms with Gasteiger partial charge in [-0.1, -0.05) is 30.2 Å². The summed E-state index contributed by atoms with van der Waals surface area (Å²) >= 11 is 6.39. The van der Waals surface area contributed by atoms with Crippen LogP contribution in [0.2, 0.25) is 5.02 Å². The van der Waals surface area contributed by atoms with Gasteiger partial charge in [-0.2, -0.15) is 0 Å². The predicted molar refractivity (Wildman–Crippen MR) is 113 cm³/mol. The second-order valence-corrected chi connectivity index (χ2v) is 8.62. The average Bonchev–Trinajstić information content (AvgIpc) is 3.28. The van der Waals surface area contributed by atoms with Crippen molar-refractivity contribution in [2.24, 2.45) is 16.1 Å². The Morgan fingerprint density at radius 1 is 1.18 bits per heavy atom. The van der Waals surface area contributed by atoms with Gasteiger partial charge >= 0.3 is 0 Å². The highest BCUT2D eigenvalue weighted by Crippen LogP contribution is 2.45. The number of nitrogens with zero attached hydrogens (tertiary/aromatic N) is 4. The van der Waals surface area contributed by atoms with Crippen LogP contribution in [-0.2, 0) is 6.54 Å². The fourth-order valence-electron chi connectivity index (χ4n) is 5.02.